The van der Waals surface area contributed by atoms with Crippen molar-refractivity contribution in [2.75, 3.05) is 26.4 Å². The van der Waals surface area contributed by atoms with E-state index < -0.39 is 16.1 Å². The Morgan fingerprint density at radius 3 is 2.50 bits per heavy atom. The van der Waals surface area contributed by atoms with Gasteiger partial charge in [0.1, 0.15) is 6.04 Å². The number of benzene rings is 1. The van der Waals surface area contributed by atoms with E-state index in [1.165, 1.54) is 11.4 Å². The summed E-state index contributed by atoms with van der Waals surface area (Å²) in [4.78, 5) is 14.8. The first-order valence-electron chi connectivity index (χ1n) is 7.57. The molecular formula is C16H24N2O3S. The molecule has 2 rings (SSSR count). The van der Waals surface area contributed by atoms with E-state index in [0.717, 1.165) is 19.1 Å². The largest absolute Gasteiger partial charge is 0.341 e. The molecule has 1 aliphatic heterocycles. The predicted molar refractivity (Wildman–Crippen MR) is 86.8 cm³/mol. The van der Waals surface area contributed by atoms with Gasteiger partial charge in [0.05, 0.1) is 6.26 Å². The van der Waals surface area contributed by atoms with Crippen LogP contribution in [0.5, 0.6) is 0 Å². The second-order valence-electron chi connectivity index (χ2n) is 6.12. The number of hydrogen-bond acceptors (Lipinski definition) is 3. The van der Waals surface area contributed by atoms with Crippen LogP contribution in [0.4, 0.5) is 0 Å². The van der Waals surface area contributed by atoms with Crippen LogP contribution in [0.25, 0.3) is 0 Å². The Morgan fingerprint density at radius 2 is 1.95 bits per heavy atom. The maximum Gasteiger partial charge on any atom is 0.245 e. The maximum absolute atomic E-state index is 13.0. The van der Waals surface area contributed by atoms with Gasteiger partial charge < -0.3 is 4.90 Å². The molecule has 0 saturated carbocycles. The van der Waals surface area contributed by atoms with Crippen molar-refractivity contribution in [1.29, 1.82) is 0 Å². The zero-order valence-corrected chi connectivity index (χ0v) is 14.2. The molecule has 6 heteroatoms. The lowest BCUT2D eigenvalue weighted by molar-refractivity contribution is -0.137. The zero-order valence-electron chi connectivity index (χ0n) is 13.4. The van der Waals surface area contributed by atoms with Crippen molar-refractivity contribution >= 4 is 15.9 Å². The number of likely N-dealkylation sites (N-methyl/N-ethyl adjacent to an activating group) is 1. The lowest BCUT2D eigenvalue weighted by atomic mass is 9.98. The highest BCUT2D eigenvalue weighted by Crippen LogP contribution is 2.26. The summed E-state index contributed by atoms with van der Waals surface area (Å²) in [5.41, 5.74) is 0.707. The monoisotopic (exact) mass is 324 g/mol. The van der Waals surface area contributed by atoms with Crippen molar-refractivity contribution in [3.63, 3.8) is 0 Å². The third-order valence-electron chi connectivity index (χ3n) is 4.20. The van der Waals surface area contributed by atoms with Gasteiger partial charge in [0.25, 0.3) is 0 Å². The molecule has 0 aromatic heterocycles. The van der Waals surface area contributed by atoms with E-state index in [1.54, 1.807) is 17.0 Å². The number of likely N-dealkylation sites (tertiary alicyclic amines) is 1. The van der Waals surface area contributed by atoms with Gasteiger partial charge in [-0.2, -0.15) is 4.31 Å². The molecule has 1 aromatic carbocycles. The lowest BCUT2D eigenvalue weighted by Gasteiger charge is -2.36. The Morgan fingerprint density at radius 1 is 1.32 bits per heavy atom. The third-order valence-corrected chi connectivity index (χ3v) is 5.46. The van der Waals surface area contributed by atoms with E-state index >= 15 is 0 Å². The van der Waals surface area contributed by atoms with E-state index in [2.05, 4.69) is 6.92 Å². The lowest BCUT2D eigenvalue weighted by Crippen LogP contribution is -2.46. The molecular weight excluding hydrogens is 300 g/mol. The molecule has 0 bridgehead atoms. The maximum atomic E-state index is 13.0. The molecule has 2 unspecified atom stereocenters. The molecule has 1 aromatic rings. The van der Waals surface area contributed by atoms with Gasteiger partial charge in [0.2, 0.25) is 15.9 Å². The fourth-order valence-electron chi connectivity index (χ4n) is 2.90. The summed E-state index contributed by atoms with van der Waals surface area (Å²) in [5, 5.41) is 0. The van der Waals surface area contributed by atoms with Crippen molar-refractivity contribution in [2.45, 2.75) is 25.8 Å². The van der Waals surface area contributed by atoms with Crippen LogP contribution >= 0.6 is 0 Å². The Bertz CT molecular complexity index is 616. The van der Waals surface area contributed by atoms with Crippen LogP contribution in [0.15, 0.2) is 30.3 Å². The highest BCUT2D eigenvalue weighted by atomic mass is 32.2. The second kappa shape index (κ2) is 6.79. The number of carbonyl (C=O) groups excluding carboxylic acids is 1. The Kier molecular flexibility index (Phi) is 5.24. The molecule has 2 atom stereocenters. The number of piperidine rings is 1. The first kappa shape index (κ1) is 17.0. The standard InChI is InChI=1S/C16H24N2O3S/c1-13-8-7-11-18(12-13)16(19)15(17(2)22(3,20)21)14-9-5-4-6-10-14/h4-6,9-10,13,15H,7-8,11-12H2,1-3H3. The number of rotatable bonds is 4. The fraction of sp³-hybridized carbons (Fsp3) is 0.562. The Labute approximate surface area is 133 Å². The summed E-state index contributed by atoms with van der Waals surface area (Å²) in [5.74, 6) is 0.323. The van der Waals surface area contributed by atoms with Crippen molar-refractivity contribution < 1.29 is 13.2 Å². The summed E-state index contributed by atoms with van der Waals surface area (Å²) in [6.07, 6.45) is 3.22. The van der Waals surface area contributed by atoms with Crippen LogP contribution in [0.1, 0.15) is 31.4 Å². The van der Waals surface area contributed by atoms with E-state index in [-0.39, 0.29) is 5.91 Å². The Balaban J connectivity index is 2.34. The summed E-state index contributed by atoms with van der Waals surface area (Å²) in [6, 6.07) is 8.32. The topological polar surface area (TPSA) is 57.7 Å². The highest BCUT2D eigenvalue weighted by molar-refractivity contribution is 7.88. The normalized spacial score (nSPS) is 20.9. The van der Waals surface area contributed by atoms with Crippen LogP contribution in [0, 0.1) is 5.92 Å². The van der Waals surface area contributed by atoms with Gasteiger partial charge in [-0.15, -0.1) is 0 Å². The predicted octanol–water partition coefficient (Wildman–Crippen LogP) is 1.88. The van der Waals surface area contributed by atoms with Crippen LogP contribution in [0.2, 0.25) is 0 Å². The minimum Gasteiger partial charge on any atom is -0.341 e. The molecule has 1 heterocycles. The molecule has 5 nitrogen and oxygen atoms in total. The molecule has 1 saturated heterocycles. The van der Waals surface area contributed by atoms with Crippen molar-refractivity contribution in [2.24, 2.45) is 5.92 Å². The van der Waals surface area contributed by atoms with Crippen molar-refractivity contribution in [3.8, 4) is 0 Å². The van der Waals surface area contributed by atoms with Gasteiger partial charge in [-0.3, -0.25) is 4.79 Å². The van der Waals surface area contributed by atoms with Gasteiger partial charge >= 0.3 is 0 Å². The first-order valence-corrected chi connectivity index (χ1v) is 9.42. The third kappa shape index (κ3) is 3.87. The molecule has 0 radical (unpaired) electrons. The average Bonchev–Trinajstić information content (AvgIpc) is 2.47. The molecule has 22 heavy (non-hydrogen) atoms. The van der Waals surface area contributed by atoms with Gasteiger partial charge in [0.15, 0.2) is 0 Å². The van der Waals surface area contributed by atoms with E-state index in [0.29, 0.717) is 24.6 Å². The van der Waals surface area contributed by atoms with Crippen molar-refractivity contribution in [1.82, 2.24) is 9.21 Å². The van der Waals surface area contributed by atoms with Crippen LogP contribution < -0.4 is 0 Å². The molecule has 1 fully saturated rings. The first-order chi connectivity index (χ1) is 10.3. The van der Waals surface area contributed by atoms with E-state index in [1.807, 2.05) is 18.2 Å². The number of amides is 1. The summed E-state index contributed by atoms with van der Waals surface area (Å²) in [6.45, 7) is 3.51. The quantitative estimate of drug-likeness (QED) is 0.850. The highest BCUT2D eigenvalue weighted by Gasteiger charge is 2.35. The summed E-state index contributed by atoms with van der Waals surface area (Å²) < 4.78 is 25.1. The minimum atomic E-state index is -3.46. The fourth-order valence-corrected chi connectivity index (χ4v) is 3.49. The molecule has 0 spiro atoms. The number of nitrogens with zero attached hydrogens (tertiary/aromatic N) is 2. The average molecular weight is 324 g/mol. The summed E-state index contributed by atoms with van der Waals surface area (Å²) >= 11 is 0. The van der Waals surface area contributed by atoms with E-state index in [9.17, 15) is 13.2 Å². The smallest absolute Gasteiger partial charge is 0.245 e. The van der Waals surface area contributed by atoms with Crippen LogP contribution in [-0.2, 0) is 14.8 Å². The van der Waals surface area contributed by atoms with E-state index in [4.69, 9.17) is 0 Å². The number of sulfonamides is 1. The molecule has 122 valence electrons. The molecule has 0 N–H and O–H groups in total. The van der Waals surface area contributed by atoms with Crippen LogP contribution in [0.3, 0.4) is 0 Å². The molecule has 0 aliphatic carbocycles. The molecule has 1 aliphatic rings. The summed E-state index contributed by atoms with van der Waals surface area (Å²) in [7, 11) is -1.99. The van der Waals surface area contributed by atoms with Gasteiger partial charge in [-0.05, 0) is 24.3 Å². The van der Waals surface area contributed by atoms with Gasteiger partial charge in [-0.1, -0.05) is 37.3 Å². The second-order valence-corrected chi connectivity index (χ2v) is 8.17. The van der Waals surface area contributed by atoms with Crippen LogP contribution in [-0.4, -0.2) is 49.9 Å². The minimum absolute atomic E-state index is 0.134. The van der Waals surface area contributed by atoms with Crippen molar-refractivity contribution in [3.05, 3.63) is 35.9 Å². The Hall–Kier alpha value is -1.40. The number of hydrogen-bond donors (Lipinski definition) is 0. The zero-order chi connectivity index (χ0) is 16.3. The number of carbonyl (C=O) groups is 1. The SMILES string of the molecule is CC1CCCN(C(=O)C(c2ccccc2)N(C)S(C)(=O)=O)C1. The molecule has 1 amide bonds. The van der Waals surface area contributed by atoms with Gasteiger partial charge in [-0.25, -0.2) is 8.42 Å². The van der Waals surface area contributed by atoms with Gasteiger partial charge in [0, 0.05) is 20.1 Å².